The van der Waals surface area contributed by atoms with E-state index in [9.17, 15) is 0 Å². The lowest BCUT2D eigenvalue weighted by molar-refractivity contribution is 0.425. The van der Waals surface area contributed by atoms with Crippen LogP contribution in [-0.4, -0.2) is 22.4 Å². The first-order valence-electron chi connectivity index (χ1n) is 4.39. The first kappa shape index (κ1) is 9.12. The predicted octanol–water partition coefficient (Wildman–Crippen LogP) is 0.621. The van der Waals surface area contributed by atoms with E-state index in [1.54, 1.807) is 17.8 Å². The van der Waals surface area contributed by atoms with Crippen LogP contribution in [0.25, 0.3) is 0 Å². The molecule has 1 saturated carbocycles. The summed E-state index contributed by atoms with van der Waals surface area (Å²) >= 11 is 1.74. The third-order valence-electron chi connectivity index (χ3n) is 2.02. The minimum absolute atomic E-state index is 0.624. The van der Waals surface area contributed by atoms with Crippen molar-refractivity contribution >= 4 is 24.3 Å². The molecule has 0 unspecified atom stereocenters. The fraction of sp³-hybridized carbons (Fsp3) is 0.333. The summed E-state index contributed by atoms with van der Waals surface area (Å²) in [6.07, 6.45) is 2.50. The zero-order valence-corrected chi connectivity index (χ0v) is 8.00. The van der Waals surface area contributed by atoms with Crippen LogP contribution in [0, 0.1) is 0 Å². The van der Waals surface area contributed by atoms with Gasteiger partial charge in [0.05, 0.1) is 0 Å². The van der Waals surface area contributed by atoms with E-state index in [0.717, 1.165) is 4.90 Å². The Hall–Kier alpha value is -0.445. The van der Waals surface area contributed by atoms with Gasteiger partial charge in [0, 0.05) is 10.1 Å². The van der Waals surface area contributed by atoms with Gasteiger partial charge in [-0.2, -0.15) is 0 Å². The van der Waals surface area contributed by atoms with Crippen molar-refractivity contribution in [3.8, 4) is 0 Å². The second-order valence-corrected chi connectivity index (χ2v) is 4.57. The van der Waals surface area contributed by atoms with Gasteiger partial charge in [-0.15, -0.1) is 11.8 Å². The number of hydrogen-bond acceptors (Lipinski definition) is 3. The highest BCUT2D eigenvalue weighted by atomic mass is 32.2. The molecule has 13 heavy (non-hydrogen) atoms. The van der Waals surface area contributed by atoms with Gasteiger partial charge in [0.2, 0.25) is 0 Å². The normalized spacial score (nSPS) is 15.8. The summed E-state index contributed by atoms with van der Waals surface area (Å²) in [6.45, 7) is 0. The molecule has 0 aromatic heterocycles. The second kappa shape index (κ2) is 3.74. The van der Waals surface area contributed by atoms with Crippen LogP contribution in [0.5, 0.6) is 0 Å². The van der Waals surface area contributed by atoms with Crippen molar-refractivity contribution in [2.24, 2.45) is 0 Å². The molecular weight excluding hydrogens is 183 g/mol. The summed E-state index contributed by atoms with van der Waals surface area (Å²) in [5, 5.41) is 18.9. The molecule has 1 aliphatic carbocycles. The molecule has 0 spiro atoms. The molecule has 0 atom stereocenters. The molecule has 0 saturated heterocycles. The standard InChI is InChI=1S/C9H11BO2S/c11-10(12)8-3-1-2-4-9(8)13-7-5-6-7/h1-4,7,11-12H,5-6H2. The van der Waals surface area contributed by atoms with Crippen LogP contribution >= 0.6 is 11.8 Å². The van der Waals surface area contributed by atoms with Gasteiger partial charge in [-0.25, -0.2) is 0 Å². The molecule has 0 radical (unpaired) electrons. The lowest BCUT2D eigenvalue weighted by atomic mass is 9.80. The monoisotopic (exact) mass is 194 g/mol. The van der Waals surface area contributed by atoms with Crippen molar-refractivity contribution in [3.63, 3.8) is 0 Å². The van der Waals surface area contributed by atoms with Gasteiger partial charge in [0.15, 0.2) is 0 Å². The smallest absolute Gasteiger partial charge is 0.423 e. The first-order valence-corrected chi connectivity index (χ1v) is 5.27. The molecule has 68 valence electrons. The largest absolute Gasteiger partial charge is 0.489 e. The van der Waals surface area contributed by atoms with E-state index >= 15 is 0 Å². The quantitative estimate of drug-likeness (QED) is 0.693. The van der Waals surface area contributed by atoms with Crippen LogP contribution in [0.2, 0.25) is 0 Å². The fourth-order valence-corrected chi connectivity index (χ4v) is 2.36. The highest BCUT2D eigenvalue weighted by Crippen LogP contribution is 2.38. The van der Waals surface area contributed by atoms with E-state index in [-0.39, 0.29) is 0 Å². The molecule has 2 nitrogen and oxygen atoms in total. The highest BCUT2D eigenvalue weighted by molar-refractivity contribution is 8.00. The molecule has 1 fully saturated rings. The molecule has 2 N–H and O–H groups in total. The molecule has 0 amide bonds. The van der Waals surface area contributed by atoms with Gasteiger partial charge in [0.1, 0.15) is 0 Å². The average molecular weight is 194 g/mol. The summed E-state index contributed by atoms with van der Waals surface area (Å²) in [4.78, 5) is 1.00. The van der Waals surface area contributed by atoms with Crippen LogP contribution in [0.1, 0.15) is 12.8 Å². The number of thioether (sulfide) groups is 1. The van der Waals surface area contributed by atoms with Crippen molar-refractivity contribution in [1.29, 1.82) is 0 Å². The van der Waals surface area contributed by atoms with Crippen LogP contribution in [0.3, 0.4) is 0 Å². The molecular formula is C9H11BO2S. The first-order chi connectivity index (χ1) is 6.27. The maximum Gasteiger partial charge on any atom is 0.489 e. The van der Waals surface area contributed by atoms with Crippen molar-refractivity contribution < 1.29 is 10.0 Å². The van der Waals surface area contributed by atoms with E-state index in [4.69, 9.17) is 10.0 Å². The number of benzene rings is 1. The Kier molecular flexibility index (Phi) is 2.62. The summed E-state index contributed by atoms with van der Waals surface area (Å²) in [5.74, 6) is 0. The summed E-state index contributed by atoms with van der Waals surface area (Å²) in [6, 6.07) is 7.45. The maximum absolute atomic E-state index is 9.08. The van der Waals surface area contributed by atoms with Crippen molar-refractivity contribution in [2.75, 3.05) is 0 Å². The van der Waals surface area contributed by atoms with Gasteiger partial charge >= 0.3 is 7.12 Å². The number of hydrogen-bond donors (Lipinski definition) is 2. The van der Waals surface area contributed by atoms with E-state index in [2.05, 4.69) is 0 Å². The van der Waals surface area contributed by atoms with Gasteiger partial charge in [-0.1, -0.05) is 18.2 Å². The summed E-state index contributed by atoms with van der Waals surface area (Å²) < 4.78 is 0. The van der Waals surface area contributed by atoms with Crippen LogP contribution < -0.4 is 5.46 Å². The van der Waals surface area contributed by atoms with E-state index in [1.165, 1.54) is 12.8 Å². The predicted molar refractivity (Wildman–Crippen MR) is 55.1 cm³/mol. The number of rotatable bonds is 3. The van der Waals surface area contributed by atoms with Gasteiger partial charge < -0.3 is 10.0 Å². The Labute approximate surface area is 82.1 Å². The van der Waals surface area contributed by atoms with Crippen LogP contribution in [-0.2, 0) is 0 Å². The van der Waals surface area contributed by atoms with Crippen molar-refractivity contribution in [1.82, 2.24) is 0 Å². The van der Waals surface area contributed by atoms with Crippen LogP contribution in [0.15, 0.2) is 29.2 Å². The Morgan fingerprint density at radius 3 is 2.54 bits per heavy atom. The molecule has 0 bridgehead atoms. The Bertz CT molecular complexity index is 299. The molecule has 1 aromatic carbocycles. The fourth-order valence-electron chi connectivity index (χ4n) is 1.17. The molecule has 1 aromatic rings. The lowest BCUT2D eigenvalue weighted by Gasteiger charge is -2.06. The summed E-state index contributed by atoms with van der Waals surface area (Å²) in [7, 11) is -1.34. The van der Waals surface area contributed by atoms with Crippen molar-refractivity contribution in [3.05, 3.63) is 24.3 Å². The second-order valence-electron chi connectivity index (χ2n) is 3.23. The third kappa shape index (κ3) is 2.27. The lowest BCUT2D eigenvalue weighted by Crippen LogP contribution is -2.31. The van der Waals surface area contributed by atoms with Gasteiger partial charge in [0.25, 0.3) is 0 Å². The maximum atomic E-state index is 9.08. The highest BCUT2D eigenvalue weighted by Gasteiger charge is 2.25. The molecule has 0 aliphatic heterocycles. The average Bonchev–Trinajstić information content (AvgIpc) is 2.89. The Morgan fingerprint density at radius 2 is 1.92 bits per heavy atom. The summed E-state index contributed by atoms with van der Waals surface area (Å²) in [5.41, 5.74) is 0.624. The Morgan fingerprint density at radius 1 is 1.23 bits per heavy atom. The minimum Gasteiger partial charge on any atom is -0.423 e. The van der Waals surface area contributed by atoms with E-state index in [1.807, 2.05) is 18.2 Å². The zero-order chi connectivity index (χ0) is 9.26. The molecule has 4 heteroatoms. The zero-order valence-electron chi connectivity index (χ0n) is 7.18. The van der Waals surface area contributed by atoms with E-state index in [0.29, 0.717) is 10.7 Å². The third-order valence-corrected chi connectivity index (χ3v) is 3.45. The van der Waals surface area contributed by atoms with Gasteiger partial charge in [-0.3, -0.25) is 0 Å². The van der Waals surface area contributed by atoms with Crippen LogP contribution in [0.4, 0.5) is 0 Å². The molecule has 0 heterocycles. The van der Waals surface area contributed by atoms with E-state index < -0.39 is 7.12 Å². The molecule has 1 aliphatic rings. The van der Waals surface area contributed by atoms with Gasteiger partial charge in [-0.05, 0) is 24.4 Å². The Balaban J connectivity index is 2.20. The molecule has 2 rings (SSSR count). The minimum atomic E-state index is -1.34. The topological polar surface area (TPSA) is 40.5 Å². The van der Waals surface area contributed by atoms with Crippen molar-refractivity contribution in [2.45, 2.75) is 23.0 Å². The SMILES string of the molecule is OB(O)c1ccccc1SC1CC1.